The number of fused-ring (bicyclic) bond motifs is 2. The highest BCUT2D eigenvalue weighted by molar-refractivity contribution is 6.01. The number of benzene rings is 2. The molecule has 194 valence electrons. The first-order valence-electron chi connectivity index (χ1n) is 11.8. The van der Waals surface area contributed by atoms with Gasteiger partial charge in [-0.15, -0.1) is 0 Å². The molecule has 3 heterocycles. The first kappa shape index (κ1) is 25.0. The zero-order valence-corrected chi connectivity index (χ0v) is 20.5. The highest BCUT2D eigenvalue weighted by Gasteiger charge is 2.28. The van der Waals surface area contributed by atoms with Crippen LogP contribution in [-0.2, 0) is 0 Å². The molecular weight excluding hydrogens is 497 g/mol. The molecule has 0 aliphatic rings. The number of aromatic nitrogens is 4. The lowest BCUT2D eigenvalue weighted by atomic mass is 10.1. The molecule has 0 fully saturated rings. The molecule has 0 aliphatic heterocycles. The van der Waals surface area contributed by atoms with Crippen molar-refractivity contribution < 1.29 is 18.0 Å². The van der Waals surface area contributed by atoms with Crippen LogP contribution >= 0.6 is 0 Å². The third kappa shape index (κ3) is 4.70. The van der Waals surface area contributed by atoms with Gasteiger partial charge < -0.3 is 10.6 Å². The van der Waals surface area contributed by atoms with Crippen LogP contribution in [0.2, 0.25) is 0 Å². The van der Waals surface area contributed by atoms with Crippen LogP contribution in [0.1, 0.15) is 34.7 Å². The summed E-state index contributed by atoms with van der Waals surface area (Å²) in [7, 11) is 0. The summed E-state index contributed by atoms with van der Waals surface area (Å²) < 4.78 is 41.7. The molecule has 5 rings (SSSR count). The lowest BCUT2D eigenvalue weighted by Gasteiger charge is -2.22. The number of carbonyl (C=O) groups excluding carboxylic acids is 1. The van der Waals surface area contributed by atoms with Crippen LogP contribution in [-0.4, -0.2) is 37.8 Å². The first-order chi connectivity index (χ1) is 18.1. The Bertz CT molecular complexity index is 1710. The number of nitrogens with one attached hydrogen (secondary N) is 2. The van der Waals surface area contributed by atoms with E-state index in [-0.39, 0.29) is 11.1 Å². The van der Waals surface area contributed by atoms with Crippen molar-refractivity contribution in [2.24, 2.45) is 0 Å². The van der Waals surface area contributed by atoms with Crippen molar-refractivity contribution in [2.45, 2.75) is 26.1 Å². The molecule has 8 nitrogen and oxygen atoms in total. The van der Waals surface area contributed by atoms with E-state index in [9.17, 15) is 22.8 Å². The number of anilines is 1. The summed E-state index contributed by atoms with van der Waals surface area (Å²) in [6.45, 7) is 2.16. The molecule has 0 aliphatic carbocycles. The van der Waals surface area contributed by atoms with Gasteiger partial charge in [-0.2, -0.15) is 18.3 Å². The monoisotopic (exact) mass is 520 g/mol. The number of amides is 1. The minimum atomic E-state index is -4.45. The molecule has 1 atom stereocenters. The summed E-state index contributed by atoms with van der Waals surface area (Å²) in [6, 6.07) is 16.1. The van der Waals surface area contributed by atoms with Crippen LogP contribution in [0.15, 0.2) is 77.9 Å². The van der Waals surface area contributed by atoms with Crippen LogP contribution in [0.25, 0.3) is 22.1 Å². The van der Waals surface area contributed by atoms with E-state index in [0.29, 0.717) is 33.7 Å². The quantitative estimate of drug-likeness (QED) is 0.335. The molecule has 0 radical (unpaired) electrons. The van der Waals surface area contributed by atoms with Crippen molar-refractivity contribution in [2.75, 3.05) is 11.9 Å². The van der Waals surface area contributed by atoms with Crippen molar-refractivity contribution in [3.63, 3.8) is 0 Å². The van der Waals surface area contributed by atoms with E-state index in [1.807, 2.05) is 0 Å². The van der Waals surface area contributed by atoms with Crippen molar-refractivity contribution in [3.8, 4) is 5.69 Å². The maximum atomic E-state index is 13.8. The SMILES string of the molecule is Cc1nn2cccnc2c1C(=O)N[C@@H](C)c1cc2cccc(NCC(F)(F)F)c2c(=O)n1-c1ccccc1. The van der Waals surface area contributed by atoms with Crippen molar-refractivity contribution in [1.29, 1.82) is 0 Å². The zero-order valence-electron chi connectivity index (χ0n) is 20.5. The van der Waals surface area contributed by atoms with Crippen LogP contribution in [0.5, 0.6) is 0 Å². The maximum absolute atomic E-state index is 13.8. The number of nitrogens with zero attached hydrogens (tertiary/aromatic N) is 4. The number of aryl methyl sites for hydroxylation is 1. The fraction of sp³-hybridized carbons (Fsp3) is 0.185. The fourth-order valence-electron chi connectivity index (χ4n) is 4.49. The number of alkyl halides is 3. The standard InChI is InChI=1S/C27H23F3N6O2/c1-16(33-25(37)22-17(2)34-35-13-7-12-31-24(22)35)21-14-18-8-6-11-20(32-15-27(28,29)30)23(18)26(38)36(21)19-9-4-3-5-10-19/h3-14,16,32H,15H2,1-2H3,(H,33,37)/t16-/m0/s1. The Hall–Kier alpha value is -4.67. The van der Waals surface area contributed by atoms with Gasteiger partial charge in [0.15, 0.2) is 5.65 Å². The average Bonchev–Trinajstić information content (AvgIpc) is 3.23. The van der Waals surface area contributed by atoms with Gasteiger partial charge in [0, 0.05) is 29.5 Å². The van der Waals surface area contributed by atoms with Gasteiger partial charge in [-0.25, -0.2) is 9.50 Å². The van der Waals surface area contributed by atoms with Gasteiger partial charge in [-0.05, 0) is 49.6 Å². The number of halogens is 3. The van der Waals surface area contributed by atoms with Crippen LogP contribution in [0.3, 0.4) is 0 Å². The molecule has 0 saturated carbocycles. The molecule has 0 bridgehead atoms. The molecule has 3 aromatic heterocycles. The van der Waals surface area contributed by atoms with Crippen LogP contribution in [0, 0.1) is 6.92 Å². The average molecular weight is 521 g/mol. The number of hydrogen-bond acceptors (Lipinski definition) is 5. The molecule has 1 amide bonds. The second-order valence-electron chi connectivity index (χ2n) is 8.83. The molecule has 2 N–H and O–H groups in total. The predicted octanol–water partition coefficient (Wildman–Crippen LogP) is 4.81. The van der Waals surface area contributed by atoms with E-state index in [2.05, 4.69) is 20.7 Å². The van der Waals surface area contributed by atoms with Gasteiger partial charge in [0.25, 0.3) is 11.5 Å². The van der Waals surface area contributed by atoms with Gasteiger partial charge in [-0.3, -0.25) is 14.2 Å². The Balaban J connectivity index is 1.62. The molecule has 0 spiro atoms. The second kappa shape index (κ2) is 9.66. The number of rotatable bonds is 6. The van der Waals surface area contributed by atoms with E-state index in [0.717, 1.165) is 0 Å². The Morgan fingerprint density at radius 2 is 1.84 bits per heavy atom. The molecule has 0 saturated heterocycles. The van der Waals surface area contributed by atoms with E-state index in [4.69, 9.17) is 0 Å². The van der Waals surface area contributed by atoms with E-state index >= 15 is 0 Å². The third-order valence-electron chi connectivity index (χ3n) is 6.16. The Morgan fingerprint density at radius 1 is 1.08 bits per heavy atom. The minimum absolute atomic E-state index is 0.0748. The first-order valence-corrected chi connectivity index (χ1v) is 11.8. The number of carbonyl (C=O) groups is 1. The van der Waals surface area contributed by atoms with Crippen molar-refractivity contribution >= 4 is 28.0 Å². The van der Waals surface area contributed by atoms with Crippen molar-refractivity contribution in [3.05, 3.63) is 100 Å². The maximum Gasteiger partial charge on any atom is 0.405 e. The lowest BCUT2D eigenvalue weighted by Crippen LogP contribution is -2.32. The van der Waals surface area contributed by atoms with Gasteiger partial charge in [0.05, 0.1) is 17.1 Å². The molecule has 2 aromatic carbocycles. The molecule has 11 heteroatoms. The fourth-order valence-corrected chi connectivity index (χ4v) is 4.49. The molecule has 38 heavy (non-hydrogen) atoms. The number of pyridine rings is 1. The summed E-state index contributed by atoms with van der Waals surface area (Å²) >= 11 is 0. The summed E-state index contributed by atoms with van der Waals surface area (Å²) in [5.74, 6) is -0.420. The van der Waals surface area contributed by atoms with Gasteiger partial charge >= 0.3 is 6.18 Å². The number of para-hydroxylation sites is 1. The Morgan fingerprint density at radius 3 is 2.58 bits per heavy atom. The normalized spacial score (nSPS) is 12.6. The Kier molecular flexibility index (Phi) is 6.35. The summed E-state index contributed by atoms with van der Waals surface area (Å²) in [4.78, 5) is 31.5. The molecule has 0 unspecified atom stereocenters. The third-order valence-corrected chi connectivity index (χ3v) is 6.16. The summed E-state index contributed by atoms with van der Waals surface area (Å²) in [6.07, 6.45) is -1.20. The van der Waals surface area contributed by atoms with Gasteiger partial charge in [0.1, 0.15) is 12.1 Å². The molecular formula is C27H23F3N6O2. The zero-order chi connectivity index (χ0) is 27.0. The highest BCUT2D eigenvalue weighted by atomic mass is 19.4. The van der Waals surface area contributed by atoms with Crippen LogP contribution < -0.4 is 16.2 Å². The largest absolute Gasteiger partial charge is 0.405 e. The van der Waals surface area contributed by atoms with Crippen LogP contribution in [0.4, 0.5) is 18.9 Å². The van der Waals surface area contributed by atoms with E-state index < -0.39 is 30.2 Å². The topological polar surface area (TPSA) is 93.3 Å². The Labute approximate surface area is 214 Å². The summed E-state index contributed by atoms with van der Waals surface area (Å²) in [5.41, 5.74) is 1.73. The van der Waals surface area contributed by atoms with E-state index in [1.54, 1.807) is 80.8 Å². The van der Waals surface area contributed by atoms with Crippen molar-refractivity contribution in [1.82, 2.24) is 24.5 Å². The molecule has 5 aromatic rings. The van der Waals surface area contributed by atoms with Gasteiger partial charge in [-0.1, -0.05) is 30.3 Å². The smallest absolute Gasteiger partial charge is 0.376 e. The predicted molar refractivity (Wildman–Crippen MR) is 138 cm³/mol. The summed E-state index contributed by atoms with van der Waals surface area (Å²) in [5, 5.41) is 10.2. The van der Waals surface area contributed by atoms with Gasteiger partial charge in [0.2, 0.25) is 0 Å². The lowest BCUT2D eigenvalue weighted by molar-refractivity contribution is -0.115. The van der Waals surface area contributed by atoms with E-state index in [1.165, 1.54) is 15.1 Å². The second-order valence-corrected chi connectivity index (χ2v) is 8.83. The number of hydrogen-bond donors (Lipinski definition) is 2. The minimum Gasteiger partial charge on any atom is -0.376 e. The highest BCUT2D eigenvalue weighted by Crippen LogP contribution is 2.27.